The number of ether oxygens (including phenoxy) is 3. The van der Waals surface area contributed by atoms with Gasteiger partial charge in [0.1, 0.15) is 19.0 Å². The van der Waals surface area contributed by atoms with Crippen LogP contribution in [0, 0.1) is 6.92 Å². The second kappa shape index (κ2) is 9.98. The molecule has 1 aliphatic heterocycles. The number of rotatable bonds is 8. The number of likely N-dealkylation sites (N-methyl/N-ethyl adjacent to an activating group) is 1. The first-order chi connectivity index (χ1) is 14.5. The lowest BCUT2D eigenvalue weighted by Crippen LogP contribution is -3.13. The zero-order chi connectivity index (χ0) is 21.5. The van der Waals surface area contributed by atoms with Gasteiger partial charge in [0.2, 0.25) is 0 Å². The number of nitrogens with one attached hydrogen (secondary N) is 3. The van der Waals surface area contributed by atoms with Crippen molar-refractivity contribution >= 4 is 23.2 Å². The molecule has 1 aliphatic rings. The van der Waals surface area contributed by atoms with Crippen LogP contribution in [0.5, 0.6) is 17.2 Å². The molecule has 0 aromatic heterocycles. The molecule has 8 nitrogen and oxygen atoms in total. The molecule has 30 heavy (non-hydrogen) atoms. The number of benzene rings is 2. The number of amides is 2. The van der Waals surface area contributed by atoms with E-state index < -0.39 is 0 Å². The van der Waals surface area contributed by atoms with Gasteiger partial charge in [0, 0.05) is 11.8 Å². The van der Waals surface area contributed by atoms with Crippen molar-refractivity contribution < 1.29 is 28.7 Å². The van der Waals surface area contributed by atoms with Crippen LogP contribution in [0.4, 0.5) is 11.4 Å². The fraction of sp³-hybridized carbons (Fsp3) is 0.364. The first kappa shape index (κ1) is 21.4. The average molecular weight is 414 g/mol. The van der Waals surface area contributed by atoms with E-state index in [0.717, 1.165) is 10.5 Å². The molecule has 1 unspecified atom stereocenters. The molecular weight excluding hydrogens is 386 g/mol. The molecule has 0 saturated carbocycles. The topological polar surface area (TPSA) is 90.3 Å². The lowest BCUT2D eigenvalue weighted by atomic mass is 10.2. The summed E-state index contributed by atoms with van der Waals surface area (Å²) in [7, 11) is 1.56. The van der Waals surface area contributed by atoms with E-state index in [1.807, 2.05) is 32.0 Å². The number of quaternary nitrogens is 1. The fourth-order valence-corrected chi connectivity index (χ4v) is 3.21. The maximum atomic E-state index is 12.5. The summed E-state index contributed by atoms with van der Waals surface area (Å²) in [6.07, 6.45) is 0. The Morgan fingerprint density at radius 2 is 1.70 bits per heavy atom. The number of carbonyl (C=O) groups excluding carboxylic acids is 2. The summed E-state index contributed by atoms with van der Waals surface area (Å²) < 4.78 is 16.3. The molecule has 0 bridgehead atoms. The van der Waals surface area contributed by atoms with Gasteiger partial charge in [0.05, 0.1) is 19.3 Å². The molecule has 0 saturated heterocycles. The van der Waals surface area contributed by atoms with Gasteiger partial charge in [-0.1, -0.05) is 6.07 Å². The number of hydrogen-bond donors (Lipinski definition) is 3. The van der Waals surface area contributed by atoms with Crippen LogP contribution in [0.2, 0.25) is 0 Å². The highest BCUT2D eigenvalue weighted by Crippen LogP contribution is 2.32. The third-order valence-electron chi connectivity index (χ3n) is 4.78. The SMILES string of the molecule is CC[NH+](CC(=O)Nc1ccc2c(c1)OCCO2)CC(=O)Nc1cc(C)ccc1OC. The van der Waals surface area contributed by atoms with Gasteiger partial charge in [0.15, 0.2) is 24.6 Å². The summed E-state index contributed by atoms with van der Waals surface area (Å²) in [5.41, 5.74) is 2.27. The Morgan fingerprint density at radius 3 is 2.40 bits per heavy atom. The molecule has 3 rings (SSSR count). The van der Waals surface area contributed by atoms with Crippen LogP contribution in [-0.2, 0) is 9.59 Å². The molecule has 2 amide bonds. The highest BCUT2D eigenvalue weighted by atomic mass is 16.6. The third kappa shape index (κ3) is 5.64. The lowest BCUT2D eigenvalue weighted by molar-refractivity contribution is -0.881. The van der Waals surface area contributed by atoms with Crippen molar-refractivity contribution in [3.05, 3.63) is 42.0 Å². The predicted molar refractivity (Wildman–Crippen MR) is 114 cm³/mol. The van der Waals surface area contributed by atoms with Crippen molar-refractivity contribution in [1.82, 2.24) is 0 Å². The largest absolute Gasteiger partial charge is 0.495 e. The average Bonchev–Trinajstić information content (AvgIpc) is 2.73. The van der Waals surface area contributed by atoms with E-state index in [1.54, 1.807) is 25.3 Å². The van der Waals surface area contributed by atoms with E-state index in [4.69, 9.17) is 14.2 Å². The first-order valence-electron chi connectivity index (χ1n) is 9.96. The highest BCUT2D eigenvalue weighted by Gasteiger charge is 2.19. The summed E-state index contributed by atoms with van der Waals surface area (Å²) in [6, 6.07) is 10.9. The van der Waals surface area contributed by atoms with E-state index in [-0.39, 0.29) is 24.9 Å². The van der Waals surface area contributed by atoms with Gasteiger partial charge in [-0.3, -0.25) is 9.59 Å². The van der Waals surface area contributed by atoms with Crippen LogP contribution in [0.25, 0.3) is 0 Å². The Bertz CT molecular complexity index is 916. The minimum absolute atomic E-state index is 0.169. The van der Waals surface area contributed by atoms with Crippen LogP contribution >= 0.6 is 0 Å². The van der Waals surface area contributed by atoms with Crippen LogP contribution < -0.4 is 29.7 Å². The van der Waals surface area contributed by atoms with Gasteiger partial charge >= 0.3 is 0 Å². The van der Waals surface area contributed by atoms with E-state index in [1.165, 1.54) is 0 Å². The molecule has 0 radical (unpaired) electrons. The monoisotopic (exact) mass is 414 g/mol. The molecule has 2 aromatic carbocycles. The number of hydrogen-bond acceptors (Lipinski definition) is 5. The molecule has 1 heterocycles. The molecule has 160 valence electrons. The number of aryl methyl sites for hydroxylation is 1. The van der Waals surface area contributed by atoms with Crippen LogP contribution in [0.1, 0.15) is 12.5 Å². The molecule has 0 fully saturated rings. The Balaban J connectivity index is 1.55. The van der Waals surface area contributed by atoms with Crippen LogP contribution in [-0.4, -0.2) is 51.8 Å². The van der Waals surface area contributed by atoms with E-state index >= 15 is 0 Å². The van der Waals surface area contributed by atoms with E-state index in [0.29, 0.717) is 48.4 Å². The Hall–Kier alpha value is -3.26. The zero-order valence-electron chi connectivity index (χ0n) is 17.5. The van der Waals surface area contributed by atoms with Crippen molar-refractivity contribution in [2.24, 2.45) is 0 Å². The Labute approximate surface area is 176 Å². The summed E-state index contributed by atoms with van der Waals surface area (Å²) in [4.78, 5) is 25.8. The maximum absolute atomic E-state index is 12.5. The zero-order valence-corrected chi connectivity index (χ0v) is 17.5. The normalized spacial score (nSPS) is 13.3. The van der Waals surface area contributed by atoms with Gasteiger partial charge < -0.3 is 29.7 Å². The summed E-state index contributed by atoms with van der Waals surface area (Å²) in [5.74, 6) is 1.53. The minimum atomic E-state index is -0.178. The fourth-order valence-electron chi connectivity index (χ4n) is 3.21. The second-order valence-electron chi connectivity index (χ2n) is 7.12. The van der Waals surface area contributed by atoms with Crippen LogP contribution in [0.15, 0.2) is 36.4 Å². The standard InChI is InChI=1S/C22H27N3O5/c1-4-25(14-22(27)24-17-11-15(2)5-7-18(17)28-3)13-21(26)23-16-6-8-19-20(12-16)30-10-9-29-19/h5-8,11-12H,4,9-10,13-14H2,1-3H3,(H,23,26)(H,24,27)/p+1. The minimum Gasteiger partial charge on any atom is -0.495 e. The van der Waals surface area contributed by atoms with Crippen molar-refractivity contribution in [2.75, 3.05) is 50.6 Å². The number of carbonyl (C=O) groups is 2. The molecule has 0 spiro atoms. The molecule has 0 aliphatic carbocycles. The maximum Gasteiger partial charge on any atom is 0.279 e. The molecule has 3 N–H and O–H groups in total. The van der Waals surface area contributed by atoms with Crippen molar-refractivity contribution in [3.63, 3.8) is 0 Å². The van der Waals surface area contributed by atoms with E-state index in [9.17, 15) is 9.59 Å². The van der Waals surface area contributed by atoms with Gasteiger partial charge in [-0.05, 0) is 43.7 Å². The van der Waals surface area contributed by atoms with Gasteiger partial charge in [-0.15, -0.1) is 0 Å². The Morgan fingerprint density at radius 1 is 1.00 bits per heavy atom. The Kier molecular flexibility index (Phi) is 7.13. The second-order valence-corrected chi connectivity index (χ2v) is 7.12. The summed E-state index contributed by atoms with van der Waals surface area (Å²) in [5, 5.41) is 5.74. The van der Waals surface area contributed by atoms with Crippen molar-refractivity contribution in [2.45, 2.75) is 13.8 Å². The number of anilines is 2. The predicted octanol–water partition coefficient (Wildman–Crippen LogP) is 1.26. The lowest BCUT2D eigenvalue weighted by Gasteiger charge is -2.20. The smallest absolute Gasteiger partial charge is 0.279 e. The van der Waals surface area contributed by atoms with Gasteiger partial charge in [-0.25, -0.2) is 0 Å². The number of fused-ring (bicyclic) bond motifs is 1. The highest BCUT2D eigenvalue weighted by molar-refractivity contribution is 5.94. The molecule has 1 atom stereocenters. The summed E-state index contributed by atoms with van der Waals surface area (Å²) in [6.45, 7) is 5.86. The molecule has 2 aromatic rings. The quantitative estimate of drug-likeness (QED) is 0.605. The van der Waals surface area contributed by atoms with Gasteiger partial charge in [-0.2, -0.15) is 0 Å². The van der Waals surface area contributed by atoms with Gasteiger partial charge in [0.25, 0.3) is 11.8 Å². The molecule has 8 heteroatoms. The van der Waals surface area contributed by atoms with Crippen molar-refractivity contribution in [1.29, 1.82) is 0 Å². The third-order valence-corrected chi connectivity index (χ3v) is 4.78. The van der Waals surface area contributed by atoms with Crippen LogP contribution in [0.3, 0.4) is 0 Å². The first-order valence-corrected chi connectivity index (χ1v) is 9.96. The summed E-state index contributed by atoms with van der Waals surface area (Å²) >= 11 is 0. The van der Waals surface area contributed by atoms with E-state index in [2.05, 4.69) is 10.6 Å². The molecular formula is C22H28N3O5+. The number of methoxy groups -OCH3 is 1. The van der Waals surface area contributed by atoms with Crippen molar-refractivity contribution in [3.8, 4) is 17.2 Å².